The van der Waals surface area contributed by atoms with Crippen molar-refractivity contribution in [2.75, 3.05) is 26.4 Å². The summed E-state index contributed by atoms with van der Waals surface area (Å²) in [5, 5.41) is 12.6. The number of aliphatic hydroxyl groups is 1. The van der Waals surface area contributed by atoms with Gasteiger partial charge < -0.3 is 20.1 Å². The van der Waals surface area contributed by atoms with E-state index in [0.717, 1.165) is 70.6 Å². The van der Waals surface area contributed by atoms with Crippen LogP contribution in [-0.4, -0.2) is 54.3 Å². The number of amides is 1. The van der Waals surface area contributed by atoms with Crippen LogP contribution in [-0.2, 0) is 27.9 Å². The molecule has 0 aliphatic heterocycles. The van der Waals surface area contributed by atoms with Crippen LogP contribution in [0.1, 0.15) is 136 Å². The van der Waals surface area contributed by atoms with Gasteiger partial charge in [0.2, 0.25) is 5.91 Å². The maximum atomic E-state index is 12.0. The summed E-state index contributed by atoms with van der Waals surface area (Å²) in [5.74, 6) is -0.575. The second-order valence-corrected chi connectivity index (χ2v) is 13.3. The maximum absolute atomic E-state index is 12.0. The number of esters is 1. The lowest BCUT2D eigenvalue weighted by molar-refractivity contribution is -0.147. The third kappa shape index (κ3) is 35.0. The first-order chi connectivity index (χ1) is 23.3. The first-order valence-corrected chi connectivity index (χ1v) is 19.8. The van der Waals surface area contributed by atoms with Gasteiger partial charge in [0.15, 0.2) is 0 Å². The number of hydrogen-bond acceptors (Lipinski definition) is 7. The van der Waals surface area contributed by atoms with E-state index in [-0.39, 0.29) is 32.1 Å². The molecule has 0 aromatic heterocycles. The van der Waals surface area contributed by atoms with E-state index in [1.165, 1.54) is 32.1 Å². The van der Waals surface area contributed by atoms with Crippen LogP contribution in [0.2, 0.25) is 0 Å². The Bertz CT molecular complexity index is 976. The summed E-state index contributed by atoms with van der Waals surface area (Å²) in [6.07, 6.45) is 38.7. The molecule has 0 saturated heterocycles. The summed E-state index contributed by atoms with van der Waals surface area (Å²) in [4.78, 5) is 33.7. The van der Waals surface area contributed by atoms with Crippen LogP contribution in [0.3, 0.4) is 0 Å². The lowest BCUT2D eigenvalue weighted by Crippen LogP contribution is -2.27. The van der Waals surface area contributed by atoms with E-state index < -0.39 is 26.5 Å². The number of rotatable bonds is 33. The van der Waals surface area contributed by atoms with Crippen LogP contribution < -0.4 is 5.32 Å². The number of hydrogen-bond donors (Lipinski definition) is 3. The van der Waals surface area contributed by atoms with E-state index in [0.29, 0.717) is 12.8 Å². The minimum Gasteiger partial charge on any atom is -0.463 e. The van der Waals surface area contributed by atoms with E-state index in [1.807, 2.05) is 0 Å². The number of aliphatic hydroxyl groups excluding tert-OH is 1. The predicted octanol–water partition coefficient (Wildman–Crippen LogP) is 9.37. The molecule has 0 saturated carbocycles. The van der Waals surface area contributed by atoms with E-state index in [4.69, 9.17) is 13.8 Å². The van der Waals surface area contributed by atoms with Crippen molar-refractivity contribution >= 4 is 19.7 Å². The van der Waals surface area contributed by atoms with E-state index in [2.05, 4.69) is 79.9 Å². The third-order valence-corrected chi connectivity index (χ3v) is 8.17. The molecule has 10 heteroatoms. The smallest absolute Gasteiger partial charge is 0.463 e. The first kappa shape index (κ1) is 45.7. The molecule has 2 atom stereocenters. The molecule has 0 rings (SSSR count). The number of unbranched alkanes of at least 4 members (excludes halogenated alkanes) is 10. The van der Waals surface area contributed by atoms with Crippen LogP contribution in [0.4, 0.5) is 0 Å². The van der Waals surface area contributed by atoms with Crippen LogP contribution in [0.15, 0.2) is 60.8 Å². The molecule has 2 unspecified atom stereocenters. The Balaban J connectivity index is 3.73. The number of ether oxygens (including phenoxy) is 1. The van der Waals surface area contributed by atoms with Gasteiger partial charge in [-0.2, -0.15) is 0 Å². The predicted molar refractivity (Wildman–Crippen MR) is 196 cm³/mol. The van der Waals surface area contributed by atoms with Gasteiger partial charge in [-0.25, -0.2) is 4.57 Å². The number of nitrogens with one attached hydrogen (secondary N) is 1. The molecule has 276 valence electrons. The fourth-order valence-electron chi connectivity index (χ4n) is 4.42. The maximum Gasteiger partial charge on any atom is 0.472 e. The monoisotopic (exact) mass is 695 g/mol. The Morgan fingerprint density at radius 3 is 1.83 bits per heavy atom. The highest BCUT2D eigenvalue weighted by Crippen LogP contribution is 2.42. The summed E-state index contributed by atoms with van der Waals surface area (Å²) < 4.78 is 26.7. The van der Waals surface area contributed by atoms with Crippen molar-refractivity contribution in [1.29, 1.82) is 0 Å². The van der Waals surface area contributed by atoms with Crippen LogP contribution in [0, 0.1) is 0 Å². The lowest BCUT2D eigenvalue weighted by atomic mass is 10.1. The fourth-order valence-corrected chi connectivity index (χ4v) is 5.18. The second-order valence-electron chi connectivity index (χ2n) is 11.8. The molecule has 0 fully saturated rings. The lowest BCUT2D eigenvalue weighted by Gasteiger charge is -2.15. The highest BCUT2D eigenvalue weighted by molar-refractivity contribution is 7.47. The summed E-state index contributed by atoms with van der Waals surface area (Å²) in [7, 11) is -4.42. The Morgan fingerprint density at radius 1 is 0.667 bits per heavy atom. The van der Waals surface area contributed by atoms with Gasteiger partial charge in [-0.05, 0) is 77.0 Å². The van der Waals surface area contributed by atoms with Crippen molar-refractivity contribution in [1.82, 2.24) is 5.32 Å². The van der Waals surface area contributed by atoms with E-state index in [9.17, 15) is 24.2 Å². The molecule has 48 heavy (non-hydrogen) atoms. The third-order valence-electron chi connectivity index (χ3n) is 7.18. The number of phosphoric ester groups is 1. The number of carbonyl (C=O) groups excluding carboxylic acids is 2. The van der Waals surface area contributed by atoms with E-state index >= 15 is 0 Å². The number of phosphoric acid groups is 1. The van der Waals surface area contributed by atoms with Crippen LogP contribution in [0.25, 0.3) is 0 Å². The SMILES string of the molecule is CC/C=C\C/C=C\C/C=C\C/C=C\CCCCC(=O)OCC(O)COP(=O)(O)OCCNC(=O)CCCCCCC/C=C\CCCCC. The van der Waals surface area contributed by atoms with Crippen molar-refractivity contribution in [3.05, 3.63) is 60.8 Å². The Morgan fingerprint density at radius 2 is 1.19 bits per heavy atom. The molecular formula is C38H66NO8P. The minimum atomic E-state index is -4.42. The average molecular weight is 696 g/mol. The summed E-state index contributed by atoms with van der Waals surface area (Å²) >= 11 is 0. The highest BCUT2D eigenvalue weighted by Gasteiger charge is 2.23. The Kier molecular flexibility index (Phi) is 32.9. The number of carbonyl (C=O) groups is 2. The summed E-state index contributed by atoms with van der Waals surface area (Å²) in [6.45, 7) is 3.32. The zero-order valence-electron chi connectivity index (χ0n) is 29.9. The first-order valence-electron chi connectivity index (χ1n) is 18.3. The molecule has 0 aliphatic carbocycles. The zero-order valence-corrected chi connectivity index (χ0v) is 30.8. The van der Waals surface area contributed by atoms with Crippen molar-refractivity contribution in [3.63, 3.8) is 0 Å². The molecule has 0 aliphatic rings. The fraction of sp³-hybridized carbons (Fsp3) is 0.684. The Hall–Kier alpha value is -2.29. The molecule has 0 spiro atoms. The van der Waals surface area contributed by atoms with Crippen LogP contribution >= 0.6 is 7.82 Å². The van der Waals surface area contributed by atoms with Gasteiger partial charge in [0.1, 0.15) is 12.7 Å². The summed E-state index contributed by atoms with van der Waals surface area (Å²) in [5.41, 5.74) is 0. The van der Waals surface area contributed by atoms with Gasteiger partial charge in [-0.15, -0.1) is 0 Å². The molecule has 0 heterocycles. The van der Waals surface area contributed by atoms with Gasteiger partial charge in [0.25, 0.3) is 0 Å². The second kappa shape index (κ2) is 34.6. The van der Waals surface area contributed by atoms with Gasteiger partial charge in [0, 0.05) is 19.4 Å². The Labute approximate surface area is 291 Å². The van der Waals surface area contributed by atoms with Gasteiger partial charge in [-0.3, -0.25) is 18.6 Å². The molecule has 0 bridgehead atoms. The van der Waals surface area contributed by atoms with Crippen molar-refractivity contribution in [3.8, 4) is 0 Å². The quantitative estimate of drug-likeness (QED) is 0.0268. The minimum absolute atomic E-state index is 0.0692. The van der Waals surface area contributed by atoms with Crippen molar-refractivity contribution < 1.29 is 37.9 Å². The normalized spacial score (nSPS) is 14.2. The molecule has 3 N–H and O–H groups in total. The van der Waals surface area contributed by atoms with E-state index in [1.54, 1.807) is 0 Å². The molecule has 9 nitrogen and oxygen atoms in total. The summed E-state index contributed by atoms with van der Waals surface area (Å²) in [6, 6.07) is 0. The molecule has 0 aromatic carbocycles. The average Bonchev–Trinajstić information content (AvgIpc) is 3.07. The standard InChI is InChI=1S/C38H66NO8P/c1-3-5-7-9-11-13-15-17-18-19-21-23-25-27-29-31-38(42)45-34-36(40)35-47-48(43,44)46-33-32-39-37(41)30-28-26-24-22-20-16-14-12-10-8-6-4-2/h5,7,11-14,17-18,21,23,36,40H,3-4,6,8-10,15-16,19-20,22,24-35H2,1-2H3,(H,39,41)(H,43,44)/b7-5-,13-11-,14-12-,18-17-,23-21-. The molecule has 0 aromatic rings. The molecule has 1 amide bonds. The zero-order chi connectivity index (χ0) is 35.4. The van der Waals surface area contributed by atoms with Crippen LogP contribution in [0.5, 0.6) is 0 Å². The van der Waals surface area contributed by atoms with Gasteiger partial charge >= 0.3 is 13.8 Å². The van der Waals surface area contributed by atoms with Crippen molar-refractivity contribution in [2.45, 2.75) is 142 Å². The molecule has 0 radical (unpaired) electrons. The largest absolute Gasteiger partial charge is 0.472 e. The number of allylic oxidation sites excluding steroid dienone is 10. The van der Waals surface area contributed by atoms with Crippen molar-refractivity contribution in [2.24, 2.45) is 0 Å². The topological polar surface area (TPSA) is 131 Å². The van der Waals surface area contributed by atoms with Gasteiger partial charge in [-0.1, -0.05) is 107 Å². The molecular weight excluding hydrogens is 629 g/mol. The van der Waals surface area contributed by atoms with Gasteiger partial charge in [0.05, 0.1) is 13.2 Å². The highest BCUT2D eigenvalue weighted by atomic mass is 31.2.